The van der Waals surface area contributed by atoms with Crippen molar-refractivity contribution >= 4 is 39.9 Å². The van der Waals surface area contributed by atoms with Gasteiger partial charge in [0.25, 0.3) is 5.91 Å². The van der Waals surface area contributed by atoms with Crippen LogP contribution in [0.4, 0.5) is 10.8 Å². The molecule has 0 fully saturated rings. The average Bonchev–Trinajstić information content (AvgIpc) is 3.39. The van der Waals surface area contributed by atoms with Crippen LogP contribution in [0.25, 0.3) is 0 Å². The third-order valence-electron chi connectivity index (χ3n) is 3.97. The van der Waals surface area contributed by atoms with Gasteiger partial charge >= 0.3 is 5.97 Å². The summed E-state index contributed by atoms with van der Waals surface area (Å²) in [6, 6.07) is 6.64. The summed E-state index contributed by atoms with van der Waals surface area (Å²) in [5.74, 6) is -0.886. The van der Waals surface area contributed by atoms with Crippen LogP contribution in [-0.4, -0.2) is 38.9 Å². The Labute approximate surface area is 177 Å². The molecular weight excluding hydrogens is 406 g/mol. The zero-order valence-corrected chi connectivity index (χ0v) is 17.1. The molecule has 0 saturated carbocycles. The van der Waals surface area contributed by atoms with Gasteiger partial charge in [-0.1, -0.05) is 6.07 Å². The molecule has 2 aromatic heterocycles. The number of hydrogen-bond donors (Lipinski definition) is 2. The van der Waals surface area contributed by atoms with Crippen LogP contribution < -0.4 is 10.6 Å². The van der Waals surface area contributed by atoms with E-state index in [9.17, 15) is 14.4 Å². The van der Waals surface area contributed by atoms with Gasteiger partial charge in [-0.05, 0) is 25.1 Å². The third-order valence-corrected chi connectivity index (χ3v) is 4.77. The predicted octanol–water partition coefficient (Wildman–Crippen LogP) is 2.73. The van der Waals surface area contributed by atoms with E-state index in [1.807, 2.05) is 4.57 Å². The Bertz CT molecular complexity index is 1020. The predicted molar refractivity (Wildman–Crippen MR) is 112 cm³/mol. The fourth-order valence-corrected chi connectivity index (χ4v) is 3.29. The highest BCUT2D eigenvalue weighted by Gasteiger charge is 2.13. The van der Waals surface area contributed by atoms with Crippen molar-refractivity contribution in [1.29, 1.82) is 0 Å². The highest BCUT2D eigenvalue weighted by atomic mass is 32.1. The van der Waals surface area contributed by atoms with Gasteiger partial charge in [-0.25, -0.2) is 9.97 Å². The molecule has 0 aliphatic heterocycles. The standard InChI is InChI=1S/C20H21N5O4S/c1-2-29-18(27)11-16-12-30-20(23-16)24-19(28)14-4-3-5-15(10-14)22-17(26)6-8-25-9-7-21-13-25/h3-5,7,9-10,12-13H,2,6,8,11H2,1H3,(H,22,26)(H,23,24,28). The van der Waals surface area contributed by atoms with E-state index in [0.717, 1.165) is 0 Å². The van der Waals surface area contributed by atoms with E-state index in [0.29, 0.717) is 35.2 Å². The summed E-state index contributed by atoms with van der Waals surface area (Å²) in [5, 5.41) is 7.57. The van der Waals surface area contributed by atoms with Crippen molar-refractivity contribution in [1.82, 2.24) is 14.5 Å². The van der Waals surface area contributed by atoms with Gasteiger partial charge in [0.2, 0.25) is 5.91 Å². The van der Waals surface area contributed by atoms with Crippen LogP contribution in [0.3, 0.4) is 0 Å². The molecule has 1 aromatic carbocycles. The van der Waals surface area contributed by atoms with Gasteiger partial charge in [0, 0.05) is 42.0 Å². The number of ether oxygens (including phenoxy) is 1. The van der Waals surface area contributed by atoms with Crippen molar-refractivity contribution in [3.63, 3.8) is 0 Å². The number of carbonyl (C=O) groups excluding carboxylic acids is 3. The molecule has 2 N–H and O–H groups in total. The summed E-state index contributed by atoms with van der Waals surface area (Å²) in [6.07, 6.45) is 5.43. The van der Waals surface area contributed by atoms with Gasteiger partial charge in [0.15, 0.2) is 5.13 Å². The first-order valence-electron chi connectivity index (χ1n) is 9.30. The first-order chi connectivity index (χ1) is 14.5. The SMILES string of the molecule is CCOC(=O)Cc1csc(NC(=O)c2cccc(NC(=O)CCn3ccnc3)c2)n1. The fourth-order valence-electron chi connectivity index (χ4n) is 2.59. The van der Waals surface area contributed by atoms with Gasteiger partial charge in [0.1, 0.15) is 0 Å². The molecule has 0 radical (unpaired) electrons. The molecule has 0 bridgehead atoms. The van der Waals surface area contributed by atoms with E-state index in [4.69, 9.17) is 4.74 Å². The van der Waals surface area contributed by atoms with Crippen molar-refractivity contribution in [2.45, 2.75) is 26.3 Å². The maximum atomic E-state index is 12.5. The number of hydrogen-bond acceptors (Lipinski definition) is 7. The Balaban J connectivity index is 1.54. The molecule has 2 heterocycles. The summed E-state index contributed by atoms with van der Waals surface area (Å²) in [5.41, 5.74) is 1.44. The number of nitrogens with one attached hydrogen (secondary N) is 2. The molecule has 3 rings (SSSR count). The second-order valence-corrected chi connectivity index (χ2v) is 7.12. The maximum absolute atomic E-state index is 12.5. The van der Waals surface area contributed by atoms with E-state index >= 15 is 0 Å². The Morgan fingerprint density at radius 3 is 2.87 bits per heavy atom. The van der Waals surface area contributed by atoms with Gasteiger partial charge < -0.3 is 14.6 Å². The molecule has 3 aromatic rings. The number of esters is 1. The lowest BCUT2D eigenvalue weighted by molar-refractivity contribution is -0.142. The van der Waals surface area contributed by atoms with E-state index in [1.165, 1.54) is 11.3 Å². The molecule has 0 atom stereocenters. The van der Waals surface area contributed by atoms with Crippen LogP contribution in [-0.2, 0) is 27.3 Å². The monoisotopic (exact) mass is 427 g/mol. The molecule has 0 unspecified atom stereocenters. The zero-order chi connectivity index (χ0) is 21.3. The van der Waals surface area contributed by atoms with Crippen molar-refractivity contribution in [2.24, 2.45) is 0 Å². The number of nitrogens with zero attached hydrogens (tertiary/aromatic N) is 3. The van der Waals surface area contributed by atoms with Gasteiger partial charge in [-0.3, -0.25) is 19.7 Å². The van der Waals surface area contributed by atoms with Crippen LogP contribution in [0, 0.1) is 0 Å². The minimum absolute atomic E-state index is 0.0563. The molecule has 0 spiro atoms. The molecular formula is C20H21N5O4S. The normalized spacial score (nSPS) is 10.4. The highest BCUT2D eigenvalue weighted by molar-refractivity contribution is 7.14. The Hall–Kier alpha value is -3.53. The Morgan fingerprint density at radius 2 is 2.10 bits per heavy atom. The largest absolute Gasteiger partial charge is 0.466 e. The quantitative estimate of drug-likeness (QED) is 0.508. The summed E-state index contributed by atoms with van der Waals surface area (Å²) < 4.78 is 6.70. The number of aromatic nitrogens is 3. The molecule has 156 valence electrons. The second-order valence-electron chi connectivity index (χ2n) is 6.26. The molecule has 10 heteroatoms. The summed E-state index contributed by atoms with van der Waals surface area (Å²) >= 11 is 1.22. The molecule has 0 aliphatic rings. The number of rotatable bonds is 9. The van der Waals surface area contributed by atoms with Crippen LogP contribution in [0.1, 0.15) is 29.4 Å². The first kappa shape index (κ1) is 21.2. The minimum Gasteiger partial charge on any atom is -0.466 e. The van der Waals surface area contributed by atoms with Crippen LogP contribution >= 0.6 is 11.3 Å². The Kier molecular flexibility index (Phi) is 7.28. The highest BCUT2D eigenvalue weighted by Crippen LogP contribution is 2.18. The topological polar surface area (TPSA) is 115 Å². The first-order valence-corrected chi connectivity index (χ1v) is 10.2. The number of aryl methyl sites for hydroxylation is 1. The molecule has 30 heavy (non-hydrogen) atoms. The van der Waals surface area contributed by atoms with Crippen LogP contribution in [0.15, 0.2) is 48.4 Å². The van der Waals surface area contributed by atoms with Crippen molar-refractivity contribution in [3.8, 4) is 0 Å². The van der Waals surface area contributed by atoms with Crippen molar-refractivity contribution < 1.29 is 19.1 Å². The molecule has 0 aliphatic carbocycles. The van der Waals surface area contributed by atoms with Gasteiger partial charge in [-0.2, -0.15) is 0 Å². The molecule has 9 nitrogen and oxygen atoms in total. The van der Waals surface area contributed by atoms with E-state index < -0.39 is 0 Å². The van der Waals surface area contributed by atoms with Crippen LogP contribution in [0.2, 0.25) is 0 Å². The van der Waals surface area contributed by atoms with E-state index in [2.05, 4.69) is 20.6 Å². The number of thiazole rings is 1. The number of carbonyl (C=O) groups is 3. The van der Waals surface area contributed by atoms with E-state index in [1.54, 1.807) is 55.3 Å². The lowest BCUT2D eigenvalue weighted by Crippen LogP contribution is -2.16. The van der Waals surface area contributed by atoms with Crippen LogP contribution in [0.5, 0.6) is 0 Å². The van der Waals surface area contributed by atoms with Crippen molar-refractivity contribution in [3.05, 3.63) is 59.6 Å². The summed E-state index contributed by atoms with van der Waals surface area (Å²) in [4.78, 5) is 44.3. The van der Waals surface area contributed by atoms with Gasteiger partial charge in [0.05, 0.1) is 25.0 Å². The number of imidazole rings is 1. The summed E-state index contributed by atoms with van der Waals surface area (Å²) in [7, 11) is 0. The lowest BCUT2D eigenvalue weighted by Gasteiger charge is -2.08. The lowest BCUT2D eigenvalue weighted by atomic mass is 10.2. The fraction of sp³-hybridized carbons (Fsp3) is 0.250. The summed E-state index contributed by atoms with van der Waals surface area (Å²) in [6.45, 7) is 2.56. The number of amides is 2. The number of benzene rings is 1. The minimum atomic E-state index is -0.364. The Morgan fingerprint density at radius 1 is 1.23 bits per heavy atom. The number of anilines is 2. The third kappa shape index (κ3) is 6.24. The second kappa shape index (κ2) is 10.3. The van der Waals surface area contributed by atoms with Crippen molar-refractivity contribution in [2.75, 3.05) is 17.2 Å². The maximum Gasteiger partial charge on any atom is 0.311 e. The molecule has 0 saturated heterocycles. The van der Waals surface area contributed by atoms with E-state index in [-0.39, 0.29) is 30.6 Å². The zero-order valence-electron chi connectivity index (χ0n) is 16.3. The van der Waals surface area contributed by atoms with Gasteiger partial charge in [-0.15, -0.1) is 11.3 Å². The molecule has 2 amide bonds. The smallest absolute Gasteiger partial charge is 0.311 e. The average molecular weight is 427 g/mol.